The zero-order valence-electron chi connectivity index (χ0n) is 15.7. The predicted molar refractivity (Wildman–Crippen MR) is 111 cm³/mol. The number of rotatable bonds is 5. The number of nitrogens with zero attached hydrogens (tertiary/aromatic N) is 1. The molecule has 0 aromatic heterocycles. The highest BCUT2D eigenvalue weighted by molar-refractivity contribution is 7.88. The van der Waals surface area contributed by atoms with Gasteiger partial charge in [0.15, 0.2) is 0 Å². The van der Waals surface area contributed by atoms with Gasteiger partial charge in [-0.15, -0.1) is 0 Å². The summed E-state index contributed by atoms with van der Waals surface area (Å²) in [7, 11) is -3.53. The molecule has 1 heterocycles. The number of hydrogen-bond donors (Lipinski definition) is 1. The summed E-state index contributed by atoms with van der Waals surface area (Å²) in [6, 6.07) is 5.31. The molecule has 4 rings (SSSR count). The van der Waals surface area contributed by atoms with Crippen LogP contribution in [0.15, 0.2) is 18.2 Å². The van der Waals surface area contributed by atoms with Crippen molar-refractivity contribution in [2.75, 3.05) is 13.1 Å². The minimum atomic E-state index is -3.53. The van der Waals surface area contributed by atoms with Crippen LogP contribution in [0.3, 0.4) is 0 Å². The van der Waals surface area contributed by atoms with E-state index in [1.807, 2.05) is 0 Å². The number of hydrogen-bond acceptors (Lipinski definition) is 3. The third-order valence-corrected chi connectivity index (χ3v) is 9.19. The topological polar surface area (TPSA) is 66.5 Å². The Bertz CT molecular complexity index is 833. The molecule has 2 saturated carbocycles. The maximum absolute atomic E-state index is 12.8. The van der Waals surface area contributed by atoms with E-state index >= 15 is 0 Å². The number of carbonyl (C=O) groups is 1. The van der Waals surface area contributed by atoms with Gasteiger partial charge in [-0.05, 0) is 56.1 Å². The van der Waals surface area contributed by atoms with Crippen LogP contribution in [-0.4, -0.2) is 37.8 Å². The van der Waals surface area contributed by atoms with E-state index in [4.69, 9.17) is 23.2 Å². The molecule has 154 valence electrons. The summed E-state index contributed by atoms with van der Waals surface area (Å²) in [4.78, 5) is 12.7. The van der Waals surface area contributed by atoms with E-state index in [2.05, 4.69) is 5.32 Å². The van der Waals surface area contributed by atoms with E-state index in [0.717, 1.165) is 12.3 Å². The van der Waals surface area contributed by atoms with Crippen molar-refractivity contribution in [3.05, 3.63) is 33.8 Å². The summed E-state index contributed by atoms with van der Waals surface area (Å²) in [5.74, 6) is 1.22. The molecule has 8 heteroatoms. The van der Waals surface area contributed by atoms with E-state index in [9.17, 15) is 13.2 Å². The smallest absolute Gasteiger partial charge is 0.223 e. The van der Waals surface area contributed by atoms with Crippen LogP contribution < -0.4 is 5.32 Å². The molecular weight excluding hydrogens is 419 g/mol. The zero-order chi connectivity index (χ0) is 19.9. The normalized spacial score (nSPS) is 28.6. The molecule has 0 radical (unpaired) electrons. The SMILES string of the molecule is O=C(N[C@@H]1C[C@H]2CC[C@H]1C2)C1CCN(S(=O)(=O)Cc2c(Cl)cccc2Cl)CC1. The summed E-state index contributed by atoms with van der Waals surface area (Å²) >= 11 is 12.3. The Morgan fingerprint density at radius 1 is 1.07 bits per heavy atom. The lowest BCUT2D eigenvalue weighted by Gasteiger charge is -2.32. The number of piperidine rings is 1. The van der Waals surface area contributed by atoms with Gasteiger partial charge in [-0.3, -0.25) is 4.79 Å². The number of nitrogens with one attached hydrogen (secondary N) is 1. The maximum atomic E-state index is 12.8. The van der Waals surface area contributed by atoms with Crippen molar-refractivity contribution >= 4 is 39.1 Å². The van der Waals surface area contributed by atoms with Gasteiger partial charge in [-0.2, -0.15) is 0 Å². The van der Waals surface area contributed by atoms with Gasteiger partial charge in [0.2, 0.25) is 15.9 Å². The van der Waals surface area contributed by atoms with E-state index in [-0.39, 0.29) is 17.6 Å². The molecule has 3 fully saturated rings. The standard InChI is InChI=1S/C20H26Cl2N2O3S/c21-17-2-1-3-18(22)16(17)12-28(26,27)24-8-6-14(7-9-24)20(25)23-19-11-13-4-5-15(19)10-13/h1-3,13-15,19H,4-12H2,(H,23,25)/t13-,15-,19+/m0/s1. The van der Waals surface area contributed by atoms with Gasteiger partial charge in [0, 0.05) is 40.7 Å². The second-order valence-electron chi connectivity index (χ2n) is 8.42. The minimum Gasteiger partial charge on any atom is -0.353 e. The first-order valence-corrected chi connectivity index (χ1v) is 12.4. The summed E-state index contributed by atoms with van der Waals surface area (Å²) in [5.41, 5.74) is 0.432. The van der Waals surface area contributed by atoms with Crippen molar-refractivity contribution in [1.29, 1.82) is 0 Å². The summed E-state index contributed by atoms with van der Waals surface area (Å²) in [5, 5.41) is 3.96. The molecular formula is C20H26Cl2N2O3S. The Hall–Kier alpha value is -0.820. The molecule has 0 unspecified atom stereocenters. The Morgan fingerprint density at radius 2 is 1.75 bits per heavy atom. The van der Waals surface area contributed by atoms with Crippen LogP contribution in [-0.2, 0) is 20.6 Å². The van der Waals surface area contributed by atoms with Crippen LogP contribution in [0.4, 0.5) is 0 Å². The molecule has 1 aliphatic heterocycles. The van der Waals surface area contributed by atoms with Crippen LogP contribution in [0.2, 0.25) is 10.0 Å². The first-order valence-electron chi connectivity index (χ1n) is 10.0. The minimum absolute atomic E-state index is 0.101. The fraction of sp³-hybridized carbons (Fsp3) is 0.650. The van der Waals surface area contributed by atoms with Crippen LogP contribution in [0, 0.1) is 17.8 Å². The highest BCUT2D eigenvalue weighted by atomic mass is 35.5. The molecule has 1 aromatic rings. The number of benzene rings is 1. The van der Waals surface area contributed by atoms with E-state index < -0.39 is 10.0 Å². The first kappa shape index (κ1) is 20.5. The van der Waals surface area contributed by atoms with Crippen molar-refractivity contribution in [2.24, 2.45) is 17.8 Å². The van der Waals surface area contributed by atoms with Crippen molar-refractivity contribution in [2.45, 2.75) is 50.3 Å². The Balaban J connectivity index is 1.32. The Labute approximate surface area is 176 Å². The molecule has 5 nitrogen and oxygen atoms in total. The van der Waals surface area contributed by atoms with Gasteiger partial charge >= 0.3 is 0 Å². The van der Waals surface area contributed by atoms with Crippen molar-refractivity contribution in [1.82, 2.24) is 9.62 Å². The van der Waals surface area contributed by atoms with Gasteiger partial charge in [0.05, 0.1) is 5.75 Å². The number of halogens is 2. The highest BCUT2D eigenvalue weighted by Gasteiger charge is 2.41. The van der Waals surface area contributed by atoms with Crippen LogP contribution >= 0.6 is 23.2 Å². The van der Waals surface area contributed by atoms with Gasteiger partial charge in [-0.25, -0.2) is 12.7 Å². The molecule has 1 amide bonds. The summed E-state index contributed by atoms with van der Waals surface area (Å²) in [6.45, 7) is 0.721. The lowest BCUT2D eigenvalue weighted by Crippen LogP contribution is -2.46. The fourth-order valence-electron chi connectivity index (χ4n) is 5.06. The number of sulfonamides is 1. The largest absolute Gasteiger partial charge is 0.353 e. The Morgan fingerprint density at radius 3 is 2.32 bits per heavy atom. The van der Waals surface area contributed by atoms with Crippen molar-refractivity contribution < 1.29 is 13.2 Å². The molecule has 0 spiro atoms. The van der Waals surface area contributed by atoms with Crippen molar-refractivity contribution in [3.63, 3.8) is 0 Å². The first-order chi connectivity index (χ1) is 13.3. The monoisotopic (exact) mass is 444 g/mol. The van der Waals surface area contributed by atoms with Crippen molar-refractivity contribution in [3.8, 4) is 0 Å². The average molecular weight is 445 g/mol. The third kappa shape index (κ3) is 4.20. The zero-order valence-corrected chi connectivity index (χ0v) is 18.1. The highest BCUT2D eigenvalue weighted by Crippen LogP contribution is 2.44. The molecule has 28 heavy (non-hydrogen) atoms. The van der Waals surface area contributed by atoms with E-state index in [1.165, 1.54) is 23.6 Å². The van der Waals surface area contributed by atoms with E-state index in [1.54, 1.807) is 18.2 Å². The van der Waals surface area contributed by atoms with Crippen LogP contribution in [0.1, 0.15) is 44.1 Å². The molecule has 2 bridgehead atoms. The second-order valence-corrected chi connectivity index (χ2v) is 11.2. The molecule has 1 saturated heterocycles. The van der Waals surface area contributed by atoms with Gasteiger partial charge in [-0.1, -0.05) is 35.7 Å². The number of amides is 1. The molecule has 3 atom stereocenters. The average Bonchev–Trinajstić information content (AvgIpc) is 3.28. The van der Waals surface area contributed by atoms with Gasteiger partial charge < -0.3 is 5.32 Å². The predicted octanol–water partition coefficient (Wildman–Crippen LogP) is 3.84. The van der Waals surface area contributed by atoms with Crippen LogP contribution in [0.5, 0.6) is 0 Å². The quantitative estimate of drug-likeness (QED) is 0.749. The fourth-order valence-corrected chi connectivity index (χ4v) is 7.38. The molecule has 2 aliphatic carbocycles. The van der Waals surface area contributed by atoms with Crippen LogP contribution in [0.25, 0.3) is 0 Å². The lowest BCUT2D eigenvalue weighted by atomic mass is 9.93. The second kappa shape index (κ2) is 8.13. The molecule has 1 aromatic carbocycles. The third-order valence-electron chi connectivity index (χ3n) is 6.67. The van der Waals surface area contributed by atoms with Gasteiger partial charge in [0.1, 0.15) is 0 Å². The summed E-state index contributed by atoms with van der Waals surface area (Å²) < 4.78 is 27.1. The number of carbonyl (C=O) groups excluding carboxylic acids is 1. The van der Waals surface area contributed by atoms with Gasteiger partial charge in [0.25, 0.3) is 0 Å². The molecule has 3 aliphatic rings. The molecule has 1 N–H and O–H groups in total. The van der Waals surface area contributed by atoms with E-state index in [0.29, 0.717) is 53.5 Å². The summed E-state index contributed by atoms with van der Waals surface area (Å²) in [6.07, 6.45) is 6.03. The maximum Gasteiger partial charge on any atom is 0.223 e. The number of fused-ring (bicyclic) bond motifs is 2. The lowest BCUT2D eigenvalue weighted by molar-refractivity contribution is -0.127. The Kier molecular flexibility index (Phi) is 5.94.